The van der Waals surface area contributed by atoms with Gasteiger partial charge in [-0.25, -0.2) is 8.78 Å². The highest BCUT2D eigenvalue weighted by Gasteiger charge is 2.08. The van der Waals surface area contributed by atoms with Gasteiger partial charge < -0.3 is 0 Å². The van der Waals surface area contributed by atoms with Gasteiger partial charge in [0.1, 0.15) is 11.6 Å². The Morgan fingerprint density at radius 3 is 1.27 bits per heavy atom. The zero-order chi connectivity index (χ0) is 28.4. The Hall–Kier alpha value is -3.36. The van der Waals surface area contributed by atoms with Crippen LogP contribution >= 0.6 is 0 Å². The Balaban J connectivity index is 1.52. The number of hydrogen-bond donors (Lipinski definition) is 0. The first-order valence-corrected chi connectivity index (χ1v) is 15.3. The molecule has 2 heteroatoms. The number of benzene rings is 3. The van der Waals surface area contributed by atoms with E-state index < -0.39 is 11.6 Å². The number of unbranched alkanes of at least 4 members (excludes halogenated alkanes) is 10. The summed E-state index contributed by atoms with van der Waals surface area (Å²) in [6.45, 7) is 4.46. The molecule has 210 valence electrons. The highest BCUT2D eigenvalue weighted by atomic mass is 19.1. The Labute approximate surface area is 241 Å². The molecule has 0 aliphatic carbocycles. The third-order valence-electron chi connectivity index (χ3n) is 7.27. The molecule has 0 aromatic heterocycles. The number of halogens is 2. The van der Waals surface area contributed by atoms with E-state index in [1.54, 1.807) is 0 Å². The van der Waals surface area contributed by atoms with E-state index >= 15 is 0 Å². The van der Waals surface area contributed by atoms with E-state index in [0.29, 0.717) is 5.56 Å². The van der Waals surface area contributed by atoms with Crippen molar-refractivity contribution in [2.75, 3.05) is 0 Å². The SMILES string of the molecule is CCCCCCCCCc1ccc(C#Cc2cc(F)c(C#Cc3ccc(CCCCCCC)cc3)c(F)c2)cc1. The second kappa shape index (κ2) is 18.1. The standard InChI is InChI=1S/C38H44F2/c1-3-5-7-9-10-12-14-16-32-17-21-33(22-18-32)25-26-35-29-37(39)36(38(40)30-35)28-27-34-23-19-31(20-24-34)15-13-11-8-6-4-2/h17-24,29-30H,3-16H2,1-2H3. The normalized spacial score (nSPS) is 10.5. The molecule has 0 spiro atoms. The van der Waals surface area contributed by atoms with Crippen molar-refractivity contribution in [1.29, 1.82) is 0 Å². The van der Waals surface area contributed by atoms with Crippen LogP contribution in [0.1, 0.15) is 124 Å². The largest absolute Gasteiger partial charge is 0.205 e. The second-order valence-electron chi connectivity index (χ2n) is 10.7. The molecule has 0 N–H and O–H groups in total. The summed E-state index contributed by atoms with van der Waals surface area (Å²) < 4.78 is 29.4. The van der Waals surface area contributed by atoms with Crippen LogP contribution in [0.25, 0.3) is 0 Å². The van der Waals surface area contributed by atoms with Crippen molar-refractivity contribution in [1.82, 2.24) is 0 Å². The van der Waals surface area contributed by atoms with Gasteiger partial charge >= 0.3 is 0 Å². The molecule has 3 aromatic rings. The maximum atomic E-state index is 14.7. The van der Waals surface area contributed by atoms with Crippen LogP contribution in [0.3, 0.4) is 0 Å². The van der Waals surface area contributed by atoms with Gasteiger partial charge in [0, 0.05) is 16.7 Å². The molecule has 40 heavy (non-hydrogen) atoms. The van der Waals surface area contributed by atoms with Crippen molar-refractivity contribution in [3.63, 3.8) is 0 Å². The molecule has 0 heterocycles. The molecule has 0 unspecified atom stereocenters. The summed E-state index contributed by atoms with van der Waals surface area (Å²) >= 11 is 0. The minimum Gasteiger partial charge on any atom is -0.205 e. The molecule has 0 aliphatic heterocycles. The van der Waals surface area contributed by atoms with E-state index in [2.05, 4.69) is 61.8 Å². The van der Waals surface area contributed by atoms with E-state index in [-0.39, 0.29) is 5.56 Å². The minimum absolute atomic E-state index is 0.222. The van der Waals surface area contributed by atoms with E-state index in [4.69, 9.17) is 0 Å². The number of aryl methyl sites for hydroxylation is 2. The van der Waals surface area contributed by atoms with Gasteiger partial charge in [-0.2, -0.15) is 0 Å². The van der Waals surface area contributed by atoms with E-state index in [9.17, 15) is 8.78 Å². The van der Waals surface area contributed by atoms with Gasteiger partial charge in [-0.15, -0.1) is 0 Å². The van der Waals surface area contributed by atoms with Crippen molar-refractivity contribution in [3.05, 3.63) is 106 Å². The van der Waals surface area contributed by atoms with Crippen LogP contribution in [0, 0.1) is 35.3 Å². The fourth-order valence-corrected chi connectivity index (χ4v) is 4.77. The molecule has 0 saturated heterocycles. The van der Waals surface area contributed by atoms with Crippen LogP contribution in [0.4, 0.5) is 8.78 Å². The highest BCUT2D eigenvalue weighted by molar-refractivity contribution is 5.49. The molecule has 0 saturated carbocycles. The van der Waals surface area contributed by atoms with Gasteiger partial charge in [0.05, 0.1) is 5.56 Å². The average molecular weight is 539 g/mol. The summed E-state index contributed by atoms with van der Waals surface area (Å²) in [7, 11) is 0. The van der Waals surface area contributed by atoms with Crippen LogP contribution in [0.15, 0.2) is 60.7 Å². The van der Waals surface area contributed by atoms with Gasteiger partial charge in [-0.05, 0) is 73.2 Å². The van der Waals surface area contributed by atoms with E-state index in [1.807, 2.05) is 24.3 Å². The minimum atomic E-state index is -0.689. The molecule has 0 fully saturated rings. The molecule has 0 bridgehead atoms. The first-order chi connectivity index (χ1) is 19.6. The van der Waals surface area contributed by atoms with Crippen molar-refractivity contribution >= 4 is 0 Å². The molecule has 3 rings (SSSR count). The van der Waals surface area contributed by atoms with Gasteiger partial charge in [-0.1, -0.05) is 126 Å². The number of rotatable bonds is 14. The lowest BCUT2D eigenvalue weighted by Gasteiger charge is -2.03. The molecule has 3 aromatic carbocycles. The maximum absolute atomic E-state index is 14.7. The Kier molecular flexibility index (Phi) is 14.1. The topological polar surface area (TPSA) is 0 Å². The molecule has 0 atom stereocenters. The lowest BCUT2D eigenvalue weighted by molar-refractivity contribution is 0.577. The lowest BCUT2D eigenvalue weighted by Crippen LogP contribution is -1.93. The predicted molar refractivity (Wildman–Crippen MR) is 165 cm³/mol. The molecule has 0 nitrogen and oxygen atoms in total. The third-order valence-corrected chi connectivity index (χ3v) is 7.27. The van der Waals surface area contributed by atoms with Crippen LogP contribution in [-0.2, 0) is 12.8 Å². The quantitative estimate of drug-likeness (QED) is 0.141. The Morgan fingerprint density at radius 1 is 0.450 bits per heavy atom. The fourth-order valence-electron chi connectivity index (χ4n) is 4.77. The van der Waals surface area contributed by atoms with Crippen molar-refractivity contribution in [2.24, 2.45) is 0 Å². The monoisotopic (exact) mass is 538 g/mol. The van der Waals surface area contributed by atoms with Crippen LogP contribution in [0.2, 0.25) is 0 Å². The average Bonchev–Trinajstić information content (AvgIpc) is 2.96. The molecular formula is C38H44F2. The summed E-state index contributed by atoms with van der Waals surface area (Å²) in [6.07, 6.45) is 17.5. The zero-order valence-electron chi connectivity index (χ0n) is 24.4. The summed E-state index contributed by atoms with van der Waals surface area (Å²) in [5, 5.41) is 0. The Bertz CT molecular complexity index is 1250. The van der Waals surface area contributed by atoms with Crippen molar-refractivity contribution < 1.29 is 8.78 Å². The fraction of sp³-hybridized carbons (Fsp3) is 0.421. The van der Waals surface area contributed by atoms with Gasteiger partial charge in [-0.3, -0.25) is 0 Å². The first-order valence-electron chi connectivity index (χ1n) is 15.3. The summed E-state index contributed by atoms with van der Waals surface area (Å²) in [5.74, 6) is 10.1. The summed E-state index contributed by atoms with van der Waals surface area (Å²) in [6, 6.07) is 18.6. The van der Waals surface area contributed by atoms with Gasteiger partial charge in [0.25, 0.3) is 0 Å². The molecular weight excluding hydrogens is 494 g/mol. The van der Waals surface area contributed by atoms with E-state index in [1.165, 1.54) is 100 Å². The third kappa shape index (κ3) is 11.4. The highest BCUT2D eigenvalue weighted by Crippen LogP contribution is 2.16. The Morgan fingerprint density at radius 2 is 0.825 bits per heavy atom. The van der Waals surface area contributed by atoms with Gasteiger partial charge in [0.15, 0.2) is 0 Å². The van der Waals surface area contributed by atoms with Crippen molar-refractivity contribution in [2.45, 2.75) is 104 Å². The molecule has 0 aliphatic rings. The number of hydrogen-bond acceptors (Lipinski definition) is 0. The maximum Gasteiger partial charge on any atom is 0.143 e. The second-order valence-corrected chi connectivity index (χ2v) is 10.7. The predicted octanol–water partition coefficient (Wildman–Crippen LogP) is 10.6. The smallest absolute Gasteiger partial charge is 0.143 e. The molecule has 0 amide bonds. The zero-order valence-corrected chi connectivity index (χ0v) is 24.4. The summed E-state index contributed by atoms with van der Waals surface area (Å²) in [5.41, 5.74) is 4.22. The lowest BCUT2D eigenvalue weighted by atomic mass is 10.0. The van der Waals surface area contributed by atoms with Crippen LogP contribution < -0.4 is 0 Å². The summed E-state index contributed by atoms with van der Waals surface area (Å²) in [4.78, 5) is 0. The molecule has 0 radical (unpaired) electrons. The van der Waals surface area contributed by atoms with Crippen LogP contribution in [-0.4, -0.2) is 0 Å². The van der Waals surface area contributed by atoms with Crippen LogP contribution in [0.5, 0.6) is 0 Å². The van der Waals surface area contributed by atoms with Gasteiger partial charge in [0.2, 0.25) is 0 Å². The van der Waals surface area contributed by atoms with Crippen molar-refractivity contribution in [3.8, 4) is 23.7 Å². The van der Waals surface area contributed by atoms with E-state index in [0.717, 1.165) is 24.0 Å². The first kappa shape index (κ1) is 31.2.